The number of rotatable bonds is 3. The molecule has 0 radical (unpaired) electrons. The fourth-order valence-electron chi connectivity index (χ4n) is 2.14. The van der Waals surface area contributed by atoms with E-state index >= 15 is 0 Å². The summed E-state index contributed by atoms with van der Waals surface area (Å²) in [7, 11) is 0. The van der Waals surface area contributed by atoms with Crippen molar-refractivity contribution in [2.24, 2.45) is 5.92 Å². The second-order valence-corrected chi connectivity index (χ2v) is 4.50. The molecule has 8 nitrogen and oxygen atoms in total. The predicted octanol–water partition coefficient (Wildman–Crippen LogP) is 1.87. The SMILES string of the molecule is [2H]C1O[C@@]2([2H])OCC[C@H]2[C@H]1OC(=O)Oc1ccc([N+](=O)[O-])cc1. The second-order valence-electron chi connectivity index (χ2n) is 4.50. The Hall–Kier alpha value is -2.19. The van der Waals surface area contributed by atoms with Crippen LogP contribution in [-0.4, -0.2) is 36.6 Å². The van der Waals surface area contributed by atoms with Gasteiger partial charge >= 0.3 is 6.16 Å². The van der Waals surface area contributed by atoms with Crippen LogP contribution in [0.2, 0.25) is 0 Å². The zero-order valence-corrected chi connectivity index (χ0v) is 10.8. The molecular weight excluding hydrogens is 282 g/mol. The van der Waals surface area contributed by atoms with Crippen LogP contribution in [0.3, 0.4) is 0 Å². The average Bonchev–Trinajstić information content (AvgIpc) is 2.95. The molecule has 0 N–H and O–H groups in total. The summed E-state index contributed by atoms with van der Waals surface area (Å²) in [4.78, 5) is 21.8. The number of benzene rings is 1. The van der Waals surface area contributed by atoms with E-state index in [9.17, 15) is 14.9 Å². The molecule has 4 atom stereocenters. The number of nitro groups is 1. The summed E-state index contributed by atoms with van der Waals surface area (Å²) < 4.78 is 35.9. The minimum absolute atomic E-state index is 0.0702. The lowest BCUT2D eigenvalue weighted by Gasteiger charge is -2.15. The molecule has 0 saturated carbocycles. The van der Waals surface area contributed by atoms with Gasteiger partial charge in [0.05, 0.1) is 26.8 Å². The van der Waals surface area contributed by atoms with E-state index in [1.165, 1.54) is 24.3 Å². The van der Waals surface area contributed by atoms with Gasteiger partial charge in [-0.2, -0.15) is 0 Å². The smallest absolute Gasteiger partial charge is 0.428 e. The van der Waals surface area contributed by atoms with Crippen molar-refractivity contribution in [3.63, 3.8) is 0 Å². The monoisotopic (exact) mass is 297 g/mol. The van der Waals surface area contributed by atoms with Crippen molar-refractivity contribution in [3.05, 3.63) is 34.4 Å². The number of ether oxygens (including phenoxy) is 4. The van der Waals surface area contributed by atoms with Gasteiger partial charge in [-0.1, -0.05) is 0 Å². The van der Waals surface area contributed by atoms with Gasteiger partial charge in [0.1, 0.15) is 11.9 Å². The molecule has 0 spiro atoms. The van der Waals surface area contributed by atoms with Crippen molar-refractivity contribution in [3.8, 4) is 5.75 Å². The number of nitro benzene ring substituents is 1. The summed E-state index contributed by atoms with van der Waals surface area (Å²) in [5, 5.41) is 10.5. The summed E-state index contributed by atoms with van der Waals surface area (Å²) in [6.07, 6.45) is -3.26. The number of hydrogen-bond acceptors (Lipinski definition) is 7. The van der Waals surface area contributed by atoms with E-state index in [2.05, 4.69) is 0 Å². The molecule has 2 aliphatic heterocycles. The van der Waals surface area contributed by atoms with Crippen LogP contribution in [0.4, 0.5) is 10.5 Å². The van der Waals surface area contributed by atoms with E-state index in [1.807, 2.05) is 0 Å². The number of carbonyl (C=O) groups excluding carboxylic acids is 1. The molecule has 8 heteroatoms. The largest absolute Gasteiger partial charge is 0.514 e. The standard InChI is InChI=1S/C13H13NO7/c15-13(20-9-3-1-8(2-4-9)14(16)17)21-11-7-19-12-10(11)5-6-18-12/h1-4,10-12H,5-7H2/t10-,11-,12+/m0/s1/i7D,12D/t7?,10-,11-,12+. The second kappa shape index (κ2) is 5.66. The van der Waals surface area contributed by atoms with Gasteiger partial charge in [0.15, 0.2) is 6.27 Å². The molecule has 2 fully saturated rings. The van der Waals surface area contributed by atoms with E-state index in [1.54, 1.807) is 0 Å². The highest BCUT2D eigenvalue weighted by molar-refractivity contribution is 5.64. The minimum atomic E-state index is -1.66. The van der Waals surface area contributed by atoms with Crippen LogP contribution in [0.15, 0.2) is 24.3 Å². The molecule has 1 aromatic rings. The van der Waals surface area contributed by atoms with Crippen molar-refractivity contribution in [1.82, 2.24) is 0 Å². The van der Waals surface area contributed by atoms with Crippen LogP contribution in [0.1, 0.15) is 9.16 Å². The molecular formula is C13H13NO7. The molecule has 2 saturated heterocycles. The quantitative estimate of drug-likeness (QED) is 0.363. The Bertz CT molecular complexity index is 625. The molecule has 1 aromatic carbocycles. The fourth-order valence-corrected chi connectivity index (χ4v) is 2.14. The van der Waals surface area contributed by atoms with E-state index in [-0.39, 0.29) is 18.0 Å². The highest BCUT2D eigenvalue weighted by atomic mass is 16.8. The average molecular weight is 297 g/mol. The van der Waals surface area contributed by atoms with Crippen LogP contribution >= 0.6 is 0 Å². The Morgan fingerprint density at radius 2 is 2.19 bits per heavy atom. The molecule has 1 unspecified atom stereocenters. The fraction of sp³-hybridized carbons (Fsp3) is 0.462. The lowest BCUT2D eigenvalue weighted by molar-refractivity contribution is -0.384. The molecule has 112 valence electrons. The zero-order chi connectivity index (χ0) is 16.6. The van der Waals surface area contributed by atoms with Crippen LogP contribution in [-0.2, 0) is 14.2 Å². The number of fused-ring (bicyclic) bond motifs is 1. The Kier molecular flexibility index (Phi) is 3.09. The Morgan fingerprint density at radius 1 is 1.43 bits per heavy atom. The summed E-state index contributed by atoms with van der Waals surface area (Å²) in [5.74, 6) is -0.490. The van der Waals surface area contributed by atoms with Gasteiger partial charge in [0.2, 0.25) is 0 Å². The minimum Gasteiger partial charge on any atom is -0.428 e. The molecule has 0 amide bonds. The molecule has 0 aliphatic carbocycles. The van der Waals surface area contributed by atoms with Gasteiger partial charge in [-0.3, -0.25) is 10.1 Å². The Labute approximate surface area is 122 Å². The zero-order valence-electron chi connectivity index (χ0n) is 12.8. The van der Waals surface area contributed by atoms with Crippen molar-refractivity contribution in [2.75, 3.05) is 13.2 Å². The van der Waals surface area contributed by atoms with Gasteiger partial charge in [-0.15, -0.1) is 0 Å². The molecule has 0 bridgehead atoms. The van der Waals surface area contributed by atoms with Gasteiger partial charge < -0.3 is 18.9 Å². The summed E-state index contributed by atoms with van der Waals surface area (Å²) in [6.45, 7) is -0.944. The van der Waals surface area contributed by atoms with Crippen LogP contribution in [0.5, 0.6) is 5.75 Å². The number of nitrogens with zero attached hydrogens (tertiary/aromatic N) is 1. The molecule has 2 heterocycles. The third-order valence-electron chi connectivity index (χ3n) is 3.17. The maximum Gasteiger partial charge on any atom is 0.514 e. The molecule has 21 heavy (non-hydrogen) atoms. The molecule has 0 aromatic heterocycles. The van der Waals surface area contributed by atoms with Gasteiger partial charge in [0, 0.05) is 12.1 Å². The lowest BCUT2D eigenvalue weighted by atomic mass is 10.0. The number of carbonyl (C=O) groups is 1. The first kappa shape index (κ1) is 11.5. The Balaban J connectivity index is 1.62. The van der Waals surface area contributed by atoms with Crippen molar-refractivity contribution >= 4 is 11.8 Å². The van der Waals surface area contributed by atoms with Gasteiger partial charge in [-0.25, -0.2) is 4.79 Å². The first-order valence-corrected chi connectivity index (χ1v) is 6.26. The van der Waals surface area contributed by atoms with Crippen molar-refractivity contribution in [2.45, 2.75) is 18.8 Å². The lowest BCUT2D eigenvalue weighted by Crippen LogP contribution is -2.27. The first-order valence-electron chi connectivity index (χ1n) is 7.34. The van der Waals surface area contributed by atoms with Gasteiger partial charge in [0.25, 0.3) is 5.69 Å². The predicted molar refractivity (Wildman–Crippen MR) is 67.8 cm³/mol. The van der Waals surface area contributed by atoms with Crippen molar-refractivity contribution in [1.29, 1.82) is 0 Å². The summed E-state index contributed by atoms with van der Waals surface area (Å²) >= 11 is 0. The topological polar surface area (TPSA) is 97.1 Å². The van der Waals surface area contributed by atoms with Gasteiger partial charge in [-0.05, 0) is 18.6 Å². The van der Waals surface area contributed by atoms with Crippen LogP contribution in [0, 0.1) is 16.0 Å². The van der Waals surface area contributed by atoms with E-state index in [0.29, 0.717) is 6.42 Å². The van der Waals surface area contributed by atoms with E-state index in [4.69, 9.17) is 21.7 Å². The van der Waals surface area contributed by atoms with Crippen LogP contribution in [0.25, 0.3) is 0 Å². The highest BCUT2D eigenvalue weighted by Gasteiger charge is 2.44. The third-order valence-corrected chi connectivity index (χ3v) is 3.17. The first-order chi connectivity index (χ1) is 10.9. The summed E-state index contributed by atoms with van der Waals surface area (Å²) in [5.41, 5.74) is -0.136. The van der Waals surface area contributed by atoms with Crippen molar-refractivity contribution < 1.29 is 31.4 Å². The van der Waals surface area contributed by atoms with Crippen LogP contribution < -0.4 is 4.74 Å². The maximum atomic E-state index is 11.8. The highest BCUT2D eigenvalue weighted by Crippen LogP contribution is 2.33. The third kappa shape index (κ3) is 2.96. The normalized spacial score (nSPS) is 35.5. The summed E-state index contributed by atoms with van der Waals surface area (Å²) in [6, 6.07) is 4.90. The maximum absolute atomic E-state index is 11.8. The van der Waals surface area contributed by atoms with E-state index < -0.39 is 35.9 Å². The Morgan fingerprint density at radius 3 is 2.90 bits per heavy atom. The number of non-ortho nitro benzene ring substituents is 1. The van der Waals surface area contributed by atoms with E-state index in [0.717, 1.165) is 0 Å². The number of hydrogen-bond donors (Lipinski definition) is 0. The molecule has 2 aliphatic rings. The molecule has 3 rings (SSSR count).